The molecule has 1 aromatic heterocycles. The van der Waals surface area contributed by atoms with Gasteiger partial charge in [0.15, 0.2) is 5.82 Å². The molecule has 0 radical (unpaired) electrons. The quantitative estimate of drug-likeness (QED) is 0.309. The van der Waals surface area contributed by atoms with E-state index in [0.717, 1.165) is 65.5 Å². The Hall–Kier alpha value is -1.67. The van der Waals surface area contributed by atoms with E-state index in [0.29, 0.717) is 12.4 Å². The third-order valence-electron chi connectivity index (χ3n) is 6.01. The van der Waals surface area contributed by atoms with E-state index in [-0.39, 0.29) is 0 Å². The Labute approximate surface area is 157 Å². The topological polar surface area (TPSA) is 92.4 Å². The molecule has 0 spiro atoms. The molecule has 8 heteroatoms. The van der Waals surface area contributed by atoms with E-state index in [1.807, 2.05) is 0 Å². The smallest absolute Gasteiger partial charge is 0.274 e. The van der Waals surface area contributed by atoms with Crippen LogP contribution in [0.3, 0.4) is 0 Å². The zero-order valence-corrected chi connectivity index (χ0v) is 15.8. The first-order valence-corrected chi connectivity index (χ1v) is 10.5. The van der Waals surface area contributed by atoms with Crippen LogP contribution in [0.5, 0.6) is 0 Å². The molecule has 4 fully saturated rings. The van der Waals surface area contributed by atoms with Crippen molar-refractivity contribution in [3.63, 3.8) is 0 Å². The van der Waals surface area contributed by atoms with Crippen LogP contribution in [-0.2, 0) is 12.3 Å². The van der Waals surface area contributed by atoms with Gasteiger partial charge >= 0.3 is 0 Å². The molecule has 4 aliphatic rings. The van der Waals surface area contributed by atoms with Gasteiger partial charge < -0.3 is 20.4 Å². The average Bonchev–Trinajstić information content (AvgIpc) is 3.13. The van der Waals surface area contributed by atoms with Crippen molar-refractivity contribution in [1.82, 2.24) is 16.0 Å². The van der Waals surface area contributed by atoms with Gasteiger partial charge in [-0.3, -0.25) is 10.1 Å². The molecule has 1 aromatic rings. The van der Waals surface area contributed by atoms with Crippen molar-refractivity contribution in [2.75, 3.05) is 19.3 Å². The Bertz CT molecular complexity index is 678. The Morgan fingerprint density at radius 3 is 2.81 bits per heavy atom. The summed E-state index contributed by atoms with van der Waals surface area (Å²) in [5.74, 6) is 8.05. The normalized spacial score (nSPS) is 31.3. The lowest BCUT2D eigenvalue weighted by molar-refractivity contribution is -0.404. The minimum Gasteiger partial charge on any atom is -0.464 e. The standard InChI is InChI=1S/C18H26N4O3S/c1-19-16(9-22(23)24)20-4-5-26-10-13-3-2-12(25-13)8-21-18-11-6-14-15(7-11)17(14)18/h2-3,9,11,14-15,17-21H,4-8,10H2,1H3/b16-9-. The fraction of sp³-hybridized carbons (Fsp3) is 0.667. The molecule has 0 amide bonds. The molecule has 4 saturated carbocycles. The molecule has 4 bridgehead atoms. The van der Waals surface area contributed by atoms with Crippen molar-refractivity contribution in [2.45, 2.75) is 31.2 Å². The highest BCUT2D eigenvalue weighted by atomic mass is 32.2. The van der Waals surface area contributed by atoms with E-state index in [4.69, 9.17) is 4.42 Å². The lowest BCUT2D eigenvalue weighted by atomic mass is 10.1. The fourth-order valence-corrected chi connectivity index (χ4v) is 5.67. The third-order valence-corrected chi connectivity index (χ3v) is 6.99. The van der Waals surface area contributed by atoms with Gasteiger partial charge in [-0.2, -0.15) is 11.8 Å². The van der Waals surface area contributed by atoms with Crippen LogP contribution in [0, 0.1) is 33.8 Å². The summed E-state index contributed by atoms with van der Waals surface area (Å²) in [6.07, 6.45) is 3.84. The number of hydrogen-bond acceptors (Lipinski definition) is 7. The van der Waals surface area contributed by atoms with Gasteiger partial charge in [0.2, 0.25) is 0 Å². The minimum absolute atomic E-state index is 0.421. The molecule has 0 saturated heterocycles. The number of hydrogen-bond donors (Lipinski definition) is 3. The number of thioether (sulfide) groups is 1. The summed E-state index contributed by atoms with van der Waals surface area (Å²) in [4.78, 5) is 9.98. The van der Waals surface area contributed by atoms with E-state index >= 15 is 0 Å². The van der Waals surface area contributed by atoms with E-state index in [9.17, 15) is 10.1 Å². The van der Waals surface area contributed by atoms with Crippen molar-refractivity contribution >= 4 is 11.8 Å². The van der Waals surface area contributed by atoms with E-state index in [1.165, 1.54) is 12.8 Å². The van der Waals surface area contributed by atoms with Gasteiger partial charge in [-0.1, -0.05) is 0 Å². The molecule has 3 N–H and O–H groups in total. The number of nitrogens with one attached hydrogen (secondary N) is 3. The van der Waals surface area contributed by atoms with Gasteiger partial charge in [0.25, 0.3) is 6.20 Å². The fourth-order valence-electron chi connectivity index (χ4n) is 4.92. The molecule has 4 aliphatic carbocycles. The van der Waals surface area contributed by atoms with Crippen LogP contribution >= 0.6 is 11.8 Å². The van der Waals surface area contributed by atoms with E-state index in [1.54, 1.807) is 18.8 Å². The average molecular weight is 378 g/mol. The first-order valence-electron chi connectivity index (χ1n) is 9.31. The van der Waals surface area contributed by atoms with Gasteiger partial charge in [-0.25, -0.2) is 0 Å². The predicted octanol–water partition coefficient (Wildman–Crippen LogP) is 2.14. The SMILES string of the molecule is CN/C(=C/[N+](=O)[O-])NCCSCc1ccc(CNC2C3CC4C(C3)C42)o1. The van der Waals surface area contributed by atoms with Crippen molar-refractivity contribution < 1.29 is 9.34 Å². The van der Waals surface area contributed by atoms with Gasteiger partial charge in [-0.05, 0) is 48.6 Å². The number of nitro groups is 1. The second-order valence-electron chi connectivity index (χ2n) is 7.47. The summed E-state index contributed by atoms with van der Waals surface area (Å²) >= 11 is 1.75. The Morgan fingerprint density at radius 1 is 1.38 bits per heavy atom. The predicted molar refractivity (Wildman–Crippen MR) is 101 cm³/mol. The first-order chi connectivity index (χ1) is 12.7. The Morgan fingerprint density at radius 2 is 2.15 bits per heavy atom. The molecular formula is C18H26N4O3S. The zero-order chi connectivity index (χ0) is 18.1. The lowest BCUT2D eigenvalue weighted by Crippen LogP contribution is -2.31. The zero-order valence-electron chi connectivity index (χ0n) is 14.9. The summed E-state index contributed by atoms with van der Waals surface area (Å²) < 4.78 is 5.93. The molecule has 7 nitrogen and oxygen atoms in total. The van der Waals surface area contributed by atoms with Crippen LogP contribution < -0.4 is 16.0 Å². The molecule has 5 rings (SSSR count). The maximum atomic E-state index is 10.4. The second-order valence-corrected chi connectivity index (χ2v) is 8.57. The molecule has 0 aromatic carbocycles. The number of rotatable bonds is 11. The maximum Gasteiger partial charge on any atom is 0.274 e. The van der Waals surface area contributed by atoms with Crippen LogP contribution in [0.25, 0.3) is 0 Å². The number of nitrogens with zero attached hydrogens (tertiary/aromatic N) is 1. The van der Waals surface area contributed by atoms with Gasteiger partial charge in [-0.15, -0.1) is 0 Å². The summed E-state index contributed by atoms with van der Waals surface area (Å²) in [6.45, 7) is 1.49. The minimum atomic E-state index is -0.470. The van der Waals surface area contributed by atoms with E-state index in [2.05, 4.69) is 28.1 Å². The molecule has 3 atom stereocenters. The van der Waals surface area contributed by atoms with Gasteiger partial charge in [0, 0.05) is 25.4 Å². The second kappa shape index (κ2) is 7.52. The highest BCUT2D eigenvalue weighted by molar-refractivity contribution is 7.98. The maximum absolute atomic E-state index is 10.4. The monoisotopic (exact) mass is 378 g/mol. The van der Waals surface area contributed by atoms with Crippen molar-refractivity contribution in [2.24, 2.45) is 23.7 Å². The van der Waals surface area contributed by atoms with Crippen LogP contribution in [0.1, 0.15) is 24.4 Å². The molecular weight excluding hydrogens is 352 g/mol. The van der Waals surface area contributed by atoms with Crippen molar-refractivity contribution in [3.8, 4) is 0 Å². The highest BCUT2D eigenvalue weighted by Gasteiger charge is 2.68. The summed E-state index contributed by atoms with van der Waals surface area (Å²) in [7, 11) is 1.66. The lowest BCUT2D eigenvalue weighted by Gasteiger charge is -2.15. The van der Waals surface area contributed by atoms with Crippen molar-refractivity contribution in [3.05, 3.63) is 45.8 Å². The van der Waals surface area contributed by atoms with Crippen LogP contribution in [0.15, 0.2) is 28.6 Å². The summed E-state index contributed by atoms with van der Waals surface area (Å²) in [5, 5.41) is 20.0. The summed E-state index contributed by atoms with van der Waals surface area (Å²) in [5.41, 5.74) is 0. The van der Waals surface area contributed by atoms with Gasteiger partial charge in [0.1, 0.15) is 11.5 Å². The highest BCUT2D eigenvalue weighted by Crippen LogP contribution is 2.70. The first kappa shape index (κ1) is 17.7. The van der Waals surface area contributed by atoms with Crippen LogP contribution in [0.4, 0.5) is 0 Å². The Balaban J connectivity index is 1.12. The number of furan rings is 1. The third kappa shape index (κ3) is 3.71. The largest absolute Gasteiger partial charge is 0.464 e. The van der Waals surface area contributed by atoms with Crippen molar-refractivity contribution in [1.29, 1.82) is 0 Å². The van der Waals surface area contributed by atoms with Gasteiger partial charge in [0.05, 0.1) is 17.2 Å². The molecule has 0 aliphatic heterocycles. The summed E-state index contributed by atoms with van der Waals surface area (Å²) in [6, 6.07) is 4.86. The molecule has 3 unspecified atom stereocenters. The molecule has 1 heterocycles. The molecule has 26 heavy (non-hydrogen) atoms. The van der Waals surface area contributed by atoms with E-state index < -0.39 is 4.92 Å². The van der Waals surface area contributed by atoms with Crippen LogP contribution in [0.2, 0.25) is 0 Å². The molecule has 142 valence electrons. The van der Waals surface area contributed by atoms with Crippen LogP contribution in [-0.4, -0.2) is 30.3 Å². The Kier molecular flexibility index (Phi) is 5.13.